The zero-order valence-electron chi connectivity index (χ0n) is 12.3. The molecule has 1 rings (SSSR count). The third-order valence-electron chi connectivity index (χ3n) is 3.27. The number of primary amides is 1. The Morgan fingerprint density at radius 1 is 1.25 bits per heavy atom. The van der Waals surface area contributed by atoms with Crippen molar-refractivity contribution in [2.24, 2.45) is 11.1 Å². The molecular formula is C15H23N3O2. The quantitative estimate of drug-likeness (QED) is 0.824. The Morgan fingerprint density at radius 3 is 2.40 bits per heavy atom. The smallest absolute Gasteiger partial charge is 0.317 e. The summed E-state index contributed by atoms with van der Waals surface area (Å²) in [4.78, 5) is 24.7. The highest BCUT2D eigenvalue weighted by Crippen LogP contribution is 2.11. The largest absolute Gasteiger partial charge is 0.369 e. The Morgan fingerprint density at radius 2 is 1.85 bits per heavy atom. The third-order valence-corrected chi connectivity index (χ3v) is 3.27. The molecule has 0 aliphatic carbocycles. The molecule has 3 amide bonds. The number of hydrogen-bond donors (Lipinski definition) is 2. The van der Waals surface area contributed by atoms with E-state index < -0.39 is 11.3 Å². The zero-order chi connectivity index (χ0) is 15.2. The number of urea groups is 1. The molecule has 0 spiro atoms. The van der Waals surface area contributed by atoms with Gasteiger partial charge in [-0.15, -0.1) is 0 Å². The van der Waals surface area contributed by atoms with Crippen LogP contribution in [0.1, 0.15) is 19.4 Å². The Kier molecular flexibility index (Phi) is 5.55. The summed E-state index contributed by atoms with van der Waals surface area (Å²) in [5, 5.41) is 2.73. The van der Waals surface area contributed by atoms with Crippen molar-refractivity contribution >= 4 is 11.9 Å². The highest BCUT2D eigenvalue weighted by molar-refractivity contribution is 5.81. The van der Waals surface area contributed by atoms with E-state index in [-0.39, 0.29) is 12.6 Å². The molecule has 0 radical (unpaired) electrons. The van der Waals surface area contributed by atoms with Gasteiger partial charge in [-0.2, -0.15) is 0 Å². The molecule has 0 saturated carbocycles. The SMILES string of the molecule is CN(CCc1ccccc1)C(=O)NCC(C)(C)C(N)=O. The molecule has 1 aromatic carbocycles. The van der Waals surface area contributed by atoms with Crippen molar-refractivity contribution in [3.63, 3.8) is 0 Å². The average molecular weight is 277 g/mol. The van der Waals surface area contributed by atoms with Crippen LogP contribution in [0.5, 0.6) is 0 Å². The summed E-state index contributed by atoms with van der Waals surface area (Å²) in [6.45, 7) is 4.27. The number of carbonyl (C=O) groups is 2. The summed E-state index contributed by atoms with van der Waals surface area (Å²) in [6, 6.07) is 9.78. The normalized spacial score (nSPS) is 10.9. The van der Waals surface area contributed by atoms with Crippen LogP contribution in [-0.2, 0) is 11.2 Å². The van der Waals surface area contributed by atoms with E-state index in [4.69, 9.17) is 5.73 Å². The van der Waals surface area contributed by atoms with Gasteiger partial charge in [0.25, 0.3) is 0 Å². The van der Waals surface area contributed by atoms with Crippen LogP contribution in [0, 0.1) is 5.41 Å². The maximum Gasteiger partial charge on any atom is 0.317 e. The predicted octanol–water partition coefficient (Wildman–Crippen LogP) is 1.38. The van der Waals surface area contributed by atoms with Gasteiger partial charge in [-0.3, -0.25) is 4.79 Å². The lowest BCUT2D eigenvalue weighted by molar-refractivity contribution is -0.125. The van der Waals surface area contributed by atoms with Crippen molar-refractivity contribution in [1.82, 2.24) is 10.2 Å². The molecule has 3 N–H and O–H groups in total. The molecule has 110 valence electrons. The minimum absolute atomic E-state index is 0.199. The van der Waals surface area contributed by atoms with Crippen LogP contribution in [0.3, 0.4) is 0 Å². The van der Waals surface area contributed by atoms with Gasteiger partial charge in [0, 0.05) is 20.1 Å². The number of likely N-dealkylation sites (N-methyl/N-ethyl adjacent to an activating group) is 1. The second-order valence-electron chi connectivity index (χ2n) is 5.56. The highest BCUT2D eigenvalue weighted by atomic mass is 16.2. The molecule has 0 unspecified atom stereocenters. The summed E-state index contributed by atoms with van der Waals surface area (Å²) in [5.74, 6) is -0.426. The van der Waals surface area contributed by atoms with Crippen molar-refractivity contribution in [3.05, 3.63) is 35.9 Å². The van der Waals surface area contributed by atoms with Gasteiger partial charge in [0.1, 0.15) is 0 Å². The van der Waals surface area contributed by atoms with Gasteiger partial charge < -0.3 is 16.0 Å². The van der Waals surface area contributed by atoms with Gasteiger partial charge in [-0.25, -0.2) is 4.79 Å². The van der Waals surface area contributed by atoms with Crippen LogP contribution in [0.4, 0.5) is 4.79 Å². The molecule has 0 fully saturated rings. The van der Waals surface area contributed by atoms with Crippen LogP contribution in [-0.4, -0.2) is 37.0 Å². The standard InChI is InChI=1S/C15H23N3O2/c1-15(2,13(16)19)11-17-14(20)18(3)10-9-12-7-5-4-6-8-12/h4-8H,9-11H2,1-3H3,(H2,16,19)(H,17,20). The van der Waals surface area contributed by atoms with Crippen molar-refractivity contribution in [2.45, 2.75) is 20.3 Å². The first-order chi connectivity index (χ1) is 9.33. The van der Waals surface area contributed by atoms with Gasteiger partial charge in [0.2, 0.25) is 5.91 Å². The maximum absolute atomic E-state index is 11.9. The van der Waals surface area contributed by atoms with E-state index >= 15 is 0 Å². The lowest BCUT2D eigenvalue weighted by Gasteiger charge is -2.24. The first-order valence-electron chi connectivity index (χ1n) is 6.66. The number of nitrogens with zero attached hydrogens (tertiary/aromatic N) is 1. The topological polar surface area (TPSA) is 75.4 Å². The Bertz CT molecular complexity index is 457. The molecule has 20 heavy (non-hydrogen) atoms. The summed E-state index contributed by atoms with van der Waals surface area (Å²) >= 11 is 0. The van der Waals surface area contributed by atoms with E-state index in [1.54, 1.807) is 25.8 Å². The van der Waals surface area contributed by atoms with Gasteiger partial charge in [0.15, 0.2) is 0 Å². The van der Waals surface area contributed by atoms with Gasteiger partial charge in [-0.05, 0) is 25.8 Å². The molecule has 0 aliphatic heterocycles. The number of rotatable bonds is 6. The predicted molar refractivity (Wildman–Crippen MR) is 79.2 cm³/mol. The fraction of sp³-hybridized carbons (Fsp3) is 0.467. The number of hydrogen-bond acceptors (Lipinski definition) is 2. The van der Waals surface area contributed by atoms with Gasteiger partial charge in [-0.1, -0.05) is 30.3 Å². The lowest BCUT2D eigenvalue weighted by atomic mass is 9.93. The van der Waals surface area contributed by atoms with E-state index in [0.717, 1.165) is 6.42 Å². The van der Waals surface area contributed by atoms with Crippen molar-refractivity contribution in [2.75, 3.05) is 20.1 Å². The van der Waals surface area contributed by atoms with Gasteiger partial charge >= 0.3 is 6.03 Å². The fourth-order valence-electron chi connectivity index (χ4n) is 1.56. The van der Waals surface area contributed by atoms with E-state index in [0.29, 0.717) is 6.54 Å². The first kappa shape index (κ1) is 16.0. The van der Waals surface area contributed by atoms with E-state index in [2.05, 4.69) is 5.32 Å². The average Bonchev–Trinajstić information content (AvgIpc) is 2.43. The molecule has 0 saturated heterocycles. The number of nitrogens with one attached hydrogen (secondary N) is 1. The monoisotopic (exact) mass is 277 g/mol. The fourth-order valence-corrected chi connectivity index (χ4v) is 1.56. The van der Waals surface area contributed by atoms with E-state index in [1.165, 1.54) is 5.56 Å². The second kappa shape index (κ2) is 6.93. The van der Waals surface area contributed by atoms with Crippen molar-refractivity contribution in [3.8, 4) is 0 Å². The molecule has 0 heterocycles. The number of benzene rings is 1. The van der Waals surface area contributed by atoms with Crippen LogP contribution >= 0.6 is 0 Å². The second-order valence-corrected chi connectivity index (χ2v) is 5.56. The Hall–Kier alpha value is -2.04. The van der Waals surface area contributed by atoms with E-state index in [1.807, 2.05) is 30.3 Å². The number of carbonyl (C=O) groups excluding carboxylic acids is 2. The minimum atomic E-state index is -0.740. The molecule has 0 aromatic heterocycles. The molecule has 0 aliphatic rings. The van der Waals surface area contributed by atoms with Gasteiger partial charge in [0.05, 0.1) is 5.41 Å². The number of nitrogens with two attached hydrogens (primary N) is 1. The molecule has 5 heteroatoms. The molecule has 0 bridgehead atoms. The molecule has 1 aromatic rings. The molecule has 0 atom stereocenters. The summed E-state index contributed by atoms with van der Waals surface area (Å²) in [7, 11) is 1.73. The maximum atomic E-state index is 11.9. The zero-order valence-corrected chi connectivity index (χ0v) is 12.3. The highest BCUT2D eigenvalue weighted by Gasteiger charge is 2.25. The van der Waals surface area contributed by atoms with E-state index in [9.17, 15) is 9.59 Å². The van der Waals surface area contributed by atoms with Crippen LogP contribution in [0.2, 0.25) is 0 Å². The van der Waals surface area contributed by atoms with Crippen LogP contribution in [0.25, 0.3) is 0 Å². The Labute approximate surface area is 120 Å². The first-order valence-corrected chi connectivity index (χ1v) is 6.66. The summed E-state index contributed by atoms with van der Waals surface area (Å²) in [6.07, 6.45) is 0.796. The molecular weight excluding hydrogens is 254 g/mol. The summed E-state index contributed by atoms with van der Waals surface area (Å²) < 4.78 is 0. The van der Waals surface area contributed by atoms with Crippen LogP contribution in [0.15, 0.2) is 30.3 Å². The van der Waals surface area contributed by atoms with Crippen molar-refractivity contribution < 1.29 is 9.59 Å². The Balaban J connectivity index is 2.38. The number of amides is 3. The lowest BCUT2D eigenvalue weighted by Crippen LogP contribution is -2.46. The molecule has 5 nitrogen and oxygen atoms in total. The minimum Gasteiger partial charge on any atom is -0.369 e. The van der Waals surface area contributed by atoms with Crippen molar-refractivity contribution in [1.29, 1.82) is 0 Å². The van der Waals surface area contributed by atoms with Crippen LogP contribution < -0.4 is 11.1 Å². The summed E-state index contributed by atoms with van der Waals surface area (Å²) in [5.41, 5.74) is 5.71. The third kappa shape index (κ3) is 4.91.